The number of nitrogens with zero attached hydrogens (tertiary/aromatic N) is 1. The summed E-state index contributed by atoms with van der Waals surface area (Å²) in [6.45, 7) is 6.47. The second-order valence-corrected chi connectivity index (χ2v) is 6.05. The van der Waals surface area contributed by atoms with Crippen molar-refractivity contribution in [3.05, 3.63) is 53.1 Å². The third-order valence-corrected chi connectivity index (χ3v) is 4.64. The predicted molar refractivity (Wildman–Crippen MR) is 102 cm³/mol. The van der Waals surface area contributed by atoms with Crippen LogP contribution in [0.25, 0.3) is 0 Å². The van der Waals surface area contributed by atoms with Crippen LogP contribution in [-0.2, 0) is 0 Å². The highest BCUT2D eigenvalue weighted by Gasteiger charge is 2.23. The van der Waals surface area contributed by atoms with Crippen LogP contribution in [0.15, 0.2) is 36.4 Å². The van der Waals surface area contributed by atoms with E-state index < -0.39 is 0 Å². The number of carbonyl (C=O) groups is 1. The molecule has 0 N–H and O–H groups in total. The molecule has 0 aliphatic heterocycles. The van der Waals surface area contributed by atoms with Gasteiger partial charge < -0.3 is 19.1 Å². The maximum Gasteiger partial charge on any atom is 0.254 e. The van der Waals surface area contributed by atoms with E-state index in [9.17, 15) is 4.79 Å². The maximum absolute atomic E-state index is 13.2. The zero-order valence-electron chi connectivity index (χ0n) is 16.3. The highest BCUT2D eigenvalue weighted by molar-refractivity contribution is 5.95. The third-order valence-electron chi connectivity index (χ3n) is 4.64. The number of carbonyl (C=O) groups excluding carboxylic acids is 1. The fraction of sp³-hybridized carbons (Fsp3) is 0.381. The molecule has 1 amide bonds. The van der Waals surface area contributed by atoms with Gasteiger partial charge in [-0.25, -0.2) is 0 Å². The molecule has 26 heavy (non-hydrogen) atoms. The summed E-state index contributed by atoms with van der Waals surface area (Å²) in [5.41, 5.74) is 2.43. The van der Waals surface area contributed by atoms with Gasteiger partial charge in [0.15, 0.2) is 0 Å². The molecule has 2 aromatic carbocycles. The molecular weight excluding hydrogens is 330 g/mol. The van der Waals surface area contributed by atoms with Gasteiger partial charge in [0.1, 0.15) is 17.2 Å². The lowest BCUT2D eigenvalue weighted by atomic mass is 10.0. The molecule has 140 valence electrons. The van der Waals surface area contributed by atoms with Crippen LogP contribution < -0.4 is 14.2 Å². The lowest BCUT2D eigenvalue weighted by Gasteiger charge is -2.29. The van der Waals surface area contributed by atoms with Gasteiger partial charge in [0.05, 0.1) is 27.4 Å². The van der Waals surface area contributed by atoms with Crippen LogP contribution in [-0.4, -0.2) is 38.7 Å². The molecule has 0 saturated carbocycles. The van der Waals surface area contributed by atoms with Gasteiger partial charge in [0, 0.05) is 17.7 Å². The Hall–Kier alpha value is -2.69. The van der Waals surface area contributed by atoms with Crippen molar-refractivity contribution in [1.82, 2.24) is 4.90 Å². The molecule has 2 rings (SSSR count). The van der Waals surface area contributed by atoms with Crippen molar-refractivity contribution < 1.29 is 19.0 Å². The second-order valence-electron chi connectivity index (χ2n) is 6.05. The molecule has 0 aliphatic carbocycles. The van der Waals surface area contributed by atoms with Gasteiger partial charge in [-0.3, -0.25) is 4.79 Å². The Balaban J connectivity index is 2.39. The summed E-state index contributed by atoms with van der Waals surface area (Å²) in [5.74, 6) is 1.98. The summed E-state index contributed by atoms with van der Waals surface area (Å²) in [5, 5.41) is 0. The lowest BCUT2D eigenvalue weighted by molar-refractivity contribution is 0.0701. The molecule has 0 aliphatic rings. The number of methoxy groups -OCH3 is 3. The highest BCUT2D eigenvalue weighted by atomic mass is 16.5. The average molecular weight is 357 g/mol. The molecule has 0 spiro atoms. The van der Waals surface area contributed by atoms with Crippen molar-refractivity contribution in [1.29, 1.82) is 0 Å². The molecule has 0 radical (unpaired) electrons. The standard InChI is InChI=1S/C21H27NO4/c1-7-22(15(3)16-9-8-10-18(11-16)24-4)21(23)17-12-19(25-5)14(2)20(13-17)26-6/h8-13,15H,7H2,1-6H3. The first-order valence-corrected chi connectivity index (χ1v) is 8.64. The fourth-order valence-corrected chi connectivity index (χ4v) is 3.05. The van der Waals surface area contributed by atoms with Gasteiger partial charge in [0.25, 0.3) is 5.91 Å². The largest absolute Gasteiger partial charge is 0.497 e. The van der Waals surface area contributed by atoms with E-state index in [-0.39, 0.29) is 11.9 Å². The number of ether oxygens (including phenoxy) is 3. The Kier molecular flexibility index (Phi) is 6.50. The van der Waals surface area contributed by atoms with Crippen LogP contribution in [0.4, 0.5) is 0 Å². The minimum Gasteiger partial charge on any atom is -0.497 e. The van der Waals surface area contributed by atoms with Crippen molar-refractivity contribution in [2.75, 3.05) is 27.9 Å². The number of hydrogen-bond acceptors (Lipinski definition) is 4. The molecule has 0 bridgehead atoms. The van der Waals surface area contributed by atoms with Crippen LogP contribution in [0.1, 0.15) is 41.4 Å². The van der Waals surface area contributed by atoms with Crippen molar-refractivity contribution >= 4 is 5.91 Å². The average Bonchev–Trinajstić information content (AvgIpc) is 2.68. The van der Waals surface area contributed by atoms with E-state index in [1.165, 1.54) is 0 Å². The lowest BCUT2D eigenvalue weighted by Crippen LogP contribution is -2.33. The van der Waals surface area contributed by atoms with Gasteiger partial charge >= 0.3 is 0 Å². The summed E-state index contributed by atoms with van der Waals surface area (Å²) in [4.78, 5) is 15.0. The van der Waals surface area contributed by atoms with Crippen LogP contribution in [0.3, 0.4) is 0 Å². The van der Waals surface area contributed by atoms with Crippen molar-refractivity contribution in [3.63, 3.8) is 0 Å². The predicted octanol–water partition coefficient (Wildman–Crippen LogP) is 4.24. The molecule has 5 heteroatoms. The van der Waals surface area contributed by atoms with Crippen molar-refractivity contribution in [3.8, 4) is 17.2 Å². The van der Waals surface area contributed by atoms with Crippen LogP contribution >= 0.6 is 0 Å². The van der Waals surface area contributed by atoms with Crippen LogP contribution in [0.2, 0.25) is 0 Å². The number of amides is 1. The normalized spacial score (nSPS) is 11.6. The SMILES string of the molecule is CCN(C(=O)c1cc(OC)c(C)c(OC)c1)C(C)c1cccc(OC)c1. The first-order chi connectivity index (χ1) is 12.5. The zero-order chi connectivity index (χ0) is 19.3. The molecule has 1 unspecified atom stereocenters. The smallest absolute Gasteiger partial charge is 0.254 e. The summed E-state index contributed by atoms with van der Waals surface area (Å²) >= 11 is 0. The molecule has 0 fully saturated rings. The van der Waals surface area contributed by atoms with E-state index in [2.05, 4.69) is 0 Å². The molecule has 1 atom stereocenters. The monoisotopic (exact) mass is 357 g/mol. The third kappa shape index (κ3) is 3.93. The van der Waals surface area contributed by atoms with Crippen LogP contribution in [0, 0.1) is 6.92 Å². The van der Waals surface area contributed by atoms with E-state index >= 15 is 0 Å². The highest BCUT2D eigenvalue weighted by Crippen LogP contribution is 2.32. The minimum atomic E-state index is -0.0964. The Morgan fingerprint density at radius 1 is 1.04 bits per heavy atom. The Bertz CT molecular complexity index is 747. The number of hydrogen-bond donors (Lipinski definition) is 0. The van der Waals surface area contributed by atoms with E-state index in [1.54, 1.807) is 33.5 Å². The van der Waals surface area contributed by atoms with Gasteiger partial charge in [-0.1, -0.05) is 12.1 Å². The first kappa shape index (κ1) is 19.6. The quantitative estimate of drug-likeness (QED) is 0.743. The van der Waals surface area contributed by atoms with Gasteiger partial charge in [-0.05, 0) is 50.6 Å². The van der Waals surface area contributed by atoms with Gasteiger partial charge in [-0.15, -0.1) is 0 Å². The summed E-state index contributed by atoms with van der Waals surface area (Å²) < 4.78 is 16.1. The Morgan fingerprint density at radius 3 is 2.15 bits per heavy atom. The van der Waals surface area contributed by atoms with Crippen LogP contribution in [0.5, 0.6) is 17.2 Å². The van der Waals surface area contributed by atoms with Gasteiger partial charge in [0.2, 0.25) is 0 Å². The molecule has 0 saturated heterocycles. The Morgan fingerprint density at radius 2 is 1.65 bits per heavy atom. The Labute approximate surface area is 155 Å². The second kappa shape index (κ2) is 8.61. The van der Waals surface area contributed by atoms with E-state index in [1.807, 2.05) is 49.9 Å². The van der Waals surface area contributed by atoms with E-state index in [0.717, 1.165) is 16.9 Å². The molecule has 0 aromatic heterocycles. The minimum absolute atomic E-state index is 0.0700. The first-order valence-electron chi connectivity index (χ1n) is 8.64. The topological polar surface area (TPSA) is 48.0 Å². The number of benzene rings is 2. The molecular formula is C21H27NO4. The van der Waals surface area contributed by atoms with E-state index in [4.69, 9.17) is 14.2 Å². The van der Waals surface area contributed by atoms with Crippen molar-refractivity contribution in [2.45, 2.75) is 26.8 Å². The summed E-state index contributed by atoms with van der Waals surface area (Å²) in [6, 6.07) is 11.2. The number of rotatable bonds is 7. The zero-order valence-corrected chi connectivity index (χ0v) is 16.3. The molecule has 5 nitrogen and oxygen atoms in total. The van der Waals surface area contributed by atoms with E-state index in [0.29, 0.717) is 23.6 Å². The van der Waals surface area contributed by atoms with Crippen molar-refractivity contribution in [2.24, 2.45) is 0 Å². The maximum atomic E-state index is 13.2. The fourth-order valence-electron chi connectivity index (χ4n) is 3.05. The summed E-state index contributed by atoms with van der Waals surface area (Å²) in [7, 11) is 4.82. The van der Waals surface area contributed by atoms with Gasteiger partial charge in [-0.2, -0.15) is 0 Å². The summed E-state index contributed by atoms with van der Waals surface area (Å²) in [6.07, 6.45) is 0. The molecule has 2 aromatic rings. The molecule has 0 heterocycles.